The lowest BCUT2D eigenvalue weighted by Crippen LogP contribution is -2.02. The molecule has 13 rings (SSSR count). The Kier molecular flexibility index (Phi) is 9.43. The van der Waals surface area contributed by atoms with Crippen LogP contribution in [0.5, 0.6) is 0 Å². The van der Waals surface area contributed by atoms with Crippen LogP contribution < -0.4 is 0 Å². The van der Waals surface area contributed by atoms with Gasteiger partial charge in [0.1, 0.15) is 0 Å². The van der Waals surface area contributed by atoms with Gasteiger partial charge < -0.3 is 9.13 Å². The van der Waals surface area contributed by atoms with Gasteiger partial charge in [-0.15, -0.1) is 0 Å². The molecule has 13 aromatic rings. The van der Waals surface area contributed by atoms with Crippen molar-refractivity contribution in [3.63, 3.8) is 0 Å². The first kappa shape index (κ1) is 39.2. The van der Waals surface area contributed by atoms with Crippen LogP contribution in [0.25, 0.3) is 123 Å². The van der Waals surface area contributed by atoms with E-state index in [9.17, 15) is 0 Å². The number of nitrogens with zero attached hydrogens (tertiary/aromatic N) is 5. The van der Waals surface area contributed by atoms with Gasteiger partial charge in [0.15, 0.2) is 17.5 Å². The molecular weight excluding hydrogens is 827 g/mol. The molecule has 0 radical (unpaired) electrons. The van der Waals surface area contributed by atoms with Crippen molar-refractivity contribution >= 4 is 43.6 Å². The predicted molar refractivity (Wildman–Crippen MR) is 281 cm³/mol. The summed E-state index contributed by atoms with van der Waals surface area (Å²) in [5.41, 5.74) is 16.1. The molecule has 68 heavy (non-hydrogen) atoms. The van der Waals surface area contributed by atoms with E-state index in [-0.39, 0.29) is 0 Å². The normalized spacial score (nSPS) is 11.5. The number of benzene rings is 10. The molecule has 0 aliphatic heterocycles. The molecule has 5 nitrogen and oxygen atoms in total. The maximum absolute atomic E-state index is 5.36. The van der Waals surface area contributed by atoms with Crippen LogP contribution in [0.4, 0.5) is 0 Å². The Labute approximate surface area is 393 Å². The third-order valence-corrected chi connectivity index (χ3v) is 13.1. The van der Waals surface area contributed by atoms with Crippen LogP contribution in [-0.2, 0) is 0 Å². The fourth-order valence-electron chi connectivity index (χ4n) is 10.0. The molecule has 0 bridgehead atoms. The number of hydrogen-bond acceptors (Lipinski definition) is 3. The average Bonchev–Trinajstić information content (AvgIpc) is 3.94. The molecule has 0 amide bonds. The summed E-state index contributed by atoms with van der Waals surface area (Å²) < 4.78 is 4.88. The summed E-state index contributed by atoms with van der Waals surface area (Å²) in [6.45, 7) is 0. The molecule has 0 spiro atoms. The molecule has 5 heteroatoms. The highest BCUT2D eigenvalue weighted by atomic mass is 15.0. The standard InChI is InChI=1S/C63H41N5/c1-6-20-42(21-7-1)47-38-48(43-22-8-2-9-23-43)40-49(39-47)63-65-61(45-26-12-4-13-27-45)64-62(66-63)46-34-36-57(54(41-46)44-24-10-3-11-25-44)68-56-33-19-17-31-53(56)59-58(68)37-35-52-51-30-16-18-32-55(51)67(60(52)59)50-28-14-5-15-29-50/h1-41H. The van der Waals surface area contributed by atoms with Crippen LogP contribution in [0.3, 0.4) is 0 Å². The zero-order chi connectivity index (χ0) is 45.0. The Balaban J connectivity index is 1.05. The first-order chi connectivity index (χ1) is 33.7. The van der Waals surface area contributed by atoms with Gasteiger partial charge in [-0.1, -0.05) is 182 Å². The Hall–Kier alpha value is -9.19. The molecule has 0 N–H and O–H groups in total. The van der Waals surface area contributed by atoms with Gasteiger partial charge in [-0.05, 0) is 94.5 Å². The summed E-state index contributed by atoms with van der Waals surface area (Å²) in [7, 11) is 0. The quantitative estimate of drug-likeness (QED) is 0.153. The lowest BCUT2D eigenvalue weighted by molar-refractivity contribution is 1.07. The highest BCUT2D eigenvalue weighted by molar-refractivity contribution is 6.26. The van der Waals surface area contributed by atoms with Crippen molar-refractivity contribution in [3.05, 3.63) is 249 Å². The summed E-state index contributed by atoms with van der Waals surface area (Å²) >= 11 is 0. The van der Waals surface area contributed by atoms with Gasteiger partial charge in [-0.25, -0.2) is 15.0 Å². The van der Waals surface area contributed by atoms with Crippen LogP contribution >= 0.6 is 0 Å². The molecular formula is C63H41N5. The monoisotopic (exact) mass is 867 g/mol. The van der Waals surface area contributed by atoms with Gasteiger partial charge in [0.2, 0.25) is 0 Å². The predicted octanol–water partition coefficient (Wildman–Crippen LogP) is 16.1. The van der Waals surface area contributed by atoms with Gasteiger partial charge >= 0.3 is 0 Å². The molecule has 0 saturated heterocycles. The molecule has 0 unspecified atom stereocenters. The third-order valence-electron chi connectivity index (χ3n) is 13.1. The van der Waals surface area contributed by atoms with E-state index in [1.54, 1.807) is 0 Å². The smallest absolute Gasteiger partial charge is 0.164 e. The van der Waals surface area contributed by atoms with Crippen LogP contribution in [0.15, 0.2) is 249 Å². The maximum atomic E-state index is 5.36. The molecule has 318 valence electrons. The van der Waals surface area contributed by atoms with E-state index in [4.69, 9.17) is 15.0 Å². The van der Waals surface area contributed by atoms with Crippen LogP contribution in [0.2, 0.25) is 0 Å². The highest BCUT2D eigenvalue weighted by Gasteiger charge is 2.23. The van der Waals surface area contributed by atoms with Gasteiger partial charge in [0, 0.05) is 49.5 Å². The number of rotatable bonds is 8. The number of hydrogen-bond donors (Lipinski definition) is 0. The Bertz CT molecular complexity index is 3930. The lowest BCUT2D eigenvalue weighted by Gasteiger charge is -2.16. The summed E-state index contributed by atoms with van der Waals surface area (Å²) in [5.74, 6) is 1.82. The van der Waals surface area contributed by atoms with Crippen molar-refractivity contribution in [2.45, 2.75) is 0 Å². The van der Waals surface area contributed by atoms with Gasteiger partial charge in [-0.3, -0.25) is 0 Å². The summed E-state index contributed by atoms with van der Waals surface area (Å²) in [6.07, 6.45) is 0. The molecule has 0 aliphatic rings. The number of para-hydroxylation sites is 3. The second kappa shape index (κ2) is 16.4. The molecule has 10 aromatic carbocycles. The van der Waals surface area contributed by atoms with Crippen LogP contribution in [-0.4, -0.2) is 24.1 Å². The summed E-state index contributed by atoms with van der Waals surface area (Å²) in [6, 6.07) is 88.1. The van der Waals surface area contributed by atoms with Crippen molar-refractivity contribution in [2.24, 2.45) is 0 Å². The Morgan fingerprint density at radius 1 is 0.265 bits per heavy atom. The first-order valence-electron chi connectivity index (χ1n) is 23.0. The van der Waals surface area contributed by atoms with E-state index in [1.165, 1.54) is 32.6 Å². The second-order valence-corrected chi connectivity index (χ2v) is 17.2. The third kappa shape index (κ3) is 6.68. The fourth-order valence-corrected chi connectivity index (χ4v) is 10.0. The first-order valence-corrected chi connectivity index (χ1v) is 23.0. The van der Waals surface area contributed by atoms with Crippen LogP contribution in [0.1, 0.15) is 0 Å². The van der Waals surface area contributed by atoms with Crippen molar-refractivity contribution < 1.29 is 0 Å². The zero-order valence-corrected chi connectivity index (χ0v) is 36.9. The Morgan fingerprint density at radius 3 is 1.35 bits per heavy atom. The van der Waals surface area contributed by atoms with Crippen LogP contribution in [0, 0.1) is 0 Å². The second-order valence-electron chi connectivity index (χ2n) is 17.2. The largest absolute Gasteiger partial charge is 0.309 e. The van der Waals surface area contributed by atoms with Gasteiger partial charge in [0.05, 0.1) is 27.8 Å². The van der Waals surface area contributed by atoms with Gasteiger partial charge in [-0.2, -0.15) is 0 Å². The van der Waals surface area contributed by atoms with E-state index >= 15 is 0 Å². The molecule has 3 aromatic heterocycles. The summed E-state index contributed by atoms with van der Waals surface area (Å²) in [5, 5.41) is 4.86. The SMILES string of the molecule is c1ccc(-c2cc(-c3ccccc3)cc(-c3nc(-c4ccccc4)nc(-c4ccc(-n5c6ccccc6c6c5ccc5c7ccccc7n(-c7ccccc7)c56)c(-c5ccccc5)c4)n3)c2)cc1. The zero-order valence-electron chi connectivity index (χ0n) is 36.9. The topological polar surface area (TPSA) is 48.5 Å². The molecule has 0 fully saturated rings. The van der Waals surface area contributed by atoms with E-state index in [2.05, 4.69) is 240 Å². The maximum Gasteiger partial charge on any atom is 0.164 e. The number of aromatic nitrogens is 5. The molecule has 0 atom stereocenters. The molecule has 3 heterocycles. The molecule has 0 aliphatic carbocycles. The van der Waals surface area contributed by atoms with E-state index in [0.29, 0.717) is 17.5 Å². The Morgan fingerprint density at radius 2 is 0.735 bits per heavy atom. The van der Waals surface area contributed by atoms with E-state index in [0.717, 1.165) is 72.5 Å². The fraction of sp³-hybridized carbons (Fsp3) is 0. The number of fused-ring (bicyclic) bond motifs is 7. The minimum absolute atomic E-state index is 0.597. The van der Waals surface area contributed by atoms with Crippen molar-refractivity contribution in [2.75, 3.05) is 0 Å². The molecule has 0 saturated carbocycles. The lowest BCUT2D eigenvalue weighted by atomic mass is 9.95. The van der Waals surface area contributed by atoms with Crippen molar-refractivity contribution in [1.82, 2.24) is 24.1 Å². The highest BCUT2D eigenvalue weighted by Crippen LogP contribution is 2.44. The summed E-state index contributed by atoms with van der Waals surface area (Å²) in [4.78, 5) is 15.8. The average molecular weight is 868 g/mol. The van der Waals surface area contributed by atoms with Crippen molar-refractivity contribution in [3.8, 4) is 78.9 Å². The minimum Gasteiger partial charge on any atom is -0.309 e. The minimum atomic E-state index is 0.597. The van der Waals surface area contributed by atoms with E-state index in [1.807, 2.05) is 18.2 Å². The van der Waals surface area contributed by atoms with E-state index < -0.39 is 0 Å². The van der Waals surface area contributed by atoms with Gasteiger partial charge in [0.25, 0.3) is 0 Å². The van der Waals surface area contributed by atoms with Crippen molar-refractivity contribution in [1.29, 1.82) is 0 Å².